The Bertz CT molecular complexity index is 1500. The summed E-state index contributed by atoms with van der Waals surface area (Å²) in [6, 6.07) is 8.37. The molecule has 2 aromatic carbocycles. The van der Waals surface area contributed by atoms with Crippen molar-refractivity contribution in [1.29, 1.82) is 0 Å². The lowest BCUT2D eigenvalue weighted by molar-refractivity contribution is -0.140. The van der Waals surface area contributed by atoms with Gasteiger partial charge in [0.05, 0.1) is 17.5 Å². The summed E-state index contributed by atoms with van der Waals surface area (Å²) in [5, 5.41) is 10.8. The molecule has 0 aromatic heterocycles. The molecule has 0 bridgehead atoms. The number of carbonyl (C=O) groups excluding carboxylic acids is 4. The van der Waals surface area contributed by atoms with Crippen LogP contribution >= 0.6 is 23.2 Å². The molecule has 6 unspecified atom stereocenters. The van der Waals surface area contributed by atoms with Crippen molar-refractivity contribution in [3.05, 3.63) is 71.3 Å². The highest BCUT2D eigenvalue weighted by molar-refractivity contribution is 6.58. The summed E-state index contributed by atoms with van der Waals surface area (Å²) in [4.78, 5) is 52.1. The predicted molar refractivity (Wildman–Crippen MR) is 137 cm³/mol. The van der Waals surface area contributed by atoms with Gasteiger partial charge in [0.1, 0.15) is 5.82 Å². The van der Waals surface area contributed by atoms with Crippen molar-refractivity contribution in [3.8, 4) is 5.75 Å². The summed E-state index contributed by atoms with van der Waals surface area (Å²) in [6.07, 6.45) is 1.61. The lowest BCUT2D eigenvalue weighted by atomic mass is 9.56. The van der Waals surface area contributed by atoms with Crippen molar-refractivity contribution in [2.75, 3.05) is 11.4 Å². The van der Waals surface area contributed by atoms with E-state index in [1.807, 2.05) is 0 Å². The highest BCUT2D eigenvalue weighted by Crippen LogP contribution is 2.66. The van der Waals surface area contributed by atoms with Gasteiger partial charge in [-0.15, -0.1) is 23.2 Å². The Labute approximate surface area is 232 Å². The molecule has 11 heteroatoms. The van der Waals surface area contributed by atoms with Gasteiger partial charge in [-0.25, -0.2) is 13.7 Å². The van der Waals surface area contributed by atoms with Crippen molar-refractivity contribution in [1.82, 2.24) is 4.90 Å². The molecule has 6 rings (SSSR count). The molecule has 3 fully saturated rings. The molecule has 1 saturated carbocycles. The van der Waals surface area contributed by atoms with E-state index in [0.29, 0.717) is 5.57 Å². The van der Waals surface area contributed by atoms with E-state index in [0.717, 1.165) is 28.0 Å². The van der Waals surface area contributed by atoms with Gasteiger partial charge in [0, 0.05) is 18.0 Å². The van der Waals surface area contributed by atoms with Crippen molar-refractivity contribution in [3.63, 3.8) is 0 Å². The first-order valence-electron chi connectivity index (χ1n) is 12.5. The third-order valence-electron chi connectivity index (χ3n) is 8.63. The number of imide groups is 2. The maximum absolute atomic E-state index is 14.7. The van der Waals surface area contributed by atoms with E-state index < -0.39 is 68.5 Å². The van der Waals surface area contributed by atoms with Crippen LogP contribution < -0.4 is 4.90 Å². The van der Waals surface area contributed by atoms with Crippen LogP contribution in [0.5, 0.6) is 5.75 Å². The van der Waals surface area contributed by atoms with Crippen LogP contribution in [0.25, 0.3) is 0 Å². The third kappa shape index (κ3) is 3.20. The number of carbonyl (C=O) groups is 4. The van der Waals surface area contributed by atoms with Gasteiger partial charge in [0.25, 0.3) is 11.8 Å². The Kier molecular flexibility index (Phi) is 5.72. The number of hydrogen-bond donors (Lipinski definition) is 1. The van der Waals surface area contributed by atoms with E-state index in [2.05, 4.69) is 0 Å². The van der Waals surface area contributed by atoms with Gasteiger partial charge >= 0.3 is 0 Å². The summed E-state index contributed by atoms with van der Waals surface area (Å²) < 4.78 is 28.3. The van der Waals surface area contributed by atoms with E-state index in [1.165, 1.54) is 24.3 Å². The van der Waals surface area contributed by atoms with Crippen molar-refractivity contribution in [2.45, 2.75) is 35.4 Å². The summed E-state index contributed by atoms with van der Waals surface area (Å²) in [6.45, 7) is 1.85. The number of nitrogens with zero attached hydrogens (tertiary/aromatic N) is 2. The van der Waals surface area contributed by atoms with Crippen LogP contribution in [-0.4, -0.2) is 49.9 Å². The number of hydrogen-bond acceptors (Lipinski definition) is 5. The molecular formula is C28H22Cl2F2N2O5. The van der Waals surface area contributed by atoms with E-state index in [9.17, 15) is 33.1 Å². The number of halogens is 4. The van der Waals surface area contributed by atoms with Crippen LogP contribution in [0.3, 0.4) is 0 Å². The number of phenolic OH excluding ortho intramolecular Hbond substituents is 1. The molecular weight excluding hydrogens is 553 g/mol. The molecule has 2 aliphatic heterocycles. The van der Waals surface area contributed by atoms with E-state index in [1.54, 1.807) is 13.0 Å². The molecule has 0 radical (unpaired) electrons. The van der Waals surface area contributed by atoms with Crippen LogP contribution in [0.15, 0.2) is 54.1 Å². The van der Waals surface area contributed by atoms with Crippen molar-refractivity contribution >= 4 is 52.5 Å². The molecule has 7 nitrogen and oxygen atoms in total. The number of allylic oxidation sites excluding steroid dienone is 2. The topological polar surface area (TPSA) is 95.0 Å². The normalized spacial score (nSPS) is 33.7. The zero-order valence-corrected chi connectivity index (χ0v) is 22.0. The Balaban J connectivity index is 1.59. The molecule has 39 heavy (non-hydrogen) atoms. The van der Waals surface area contributed by atoms with Gasteiger partial charge in [-0.1, -0.05) is 23.8 Å². The van der Waals surface area contributed by atoms with Gasteiger partial charge in [-0.2, -0.15) is 0 Å². The average molecular weight is 575 g/mol. The Morgan fingerprint density at radius 3 is 2.33 bits per heavy atom. The first-order valence-corrected chi connectivity index (χ1v) is 13.3. The van der Waals surface area contributed by atoms with Crippen LogP contribution in [0, 0.1) is 29.4 Å². The fraction of sp³-hybridized carbons (Fsp3) is 0.357. The molecule has 2 heterocycles. The standard InChI is InChI=1S/C28H22Cl2F2N2O5/c1-2-33-23(36)16-11-10-15-18(20(16)24(33)37)12-27(29)25(38)34(14-8-6-13(31)7-9-14)26(39)28(27,30)21(15)17-4-3-5-19(32)22(17)35/h3-10,16,18,20-21,35H,2,11-12H2,1H3. The number of fused-ring (bicyclic) bond motifs is 4. The Morgan fingerprint density at radius 1 is 0.974 bits per heavy atom. The number of phenols is 1. The van der Waals surface area contributed by atoms with Crippen LogP contribution in [-0.2, 0) is 19.2 Å². The fourth-order valence-corrected chi connectivity index (χ4v) is 7.81. The Hall–Kier alpha value is -3.30. The molecule has 202 valence electrons. The zero-order valence-electron chi connectivity index (χ0n) is 20.5. The van der Waals surface area contributed by atoms with Crippen LogP contribution in [0.2, 0.25) is 0 Å². The van der Waals surface area contributed by atoms with Gasteiger partial charge < -0.3 is 5.11 Å². The van der Waals surface area contributed by atoms with E-state index in [4.69, 9.17) is 23.2 Å². The molecule has 2 aliphatic carbocycles. The van der Waals surface area contributed by atoms with Gasteiger partial charge in [-0.05, 0) is 56.0 Å². The monoisotopic (exact) mass is 574 g/mol. The highest BCUT2D eigenvalue weighted by atomic mass is 35.5. The quantitative estimate of drug-likeness (QED) is 0.336. The second-order valence-electron chi connectivity index (χ2n) is 10.3. The molecule has 0 spiro atoms. The average Bonchev–Trinajstić information content (AvgIpc) is 3.24. The minimum absolute atomic E-state index is 0.0298. The lowest BCUT2D eigenvalue weighted by Gasteiger charge is -2.50. The van der Waals surface area contributed by atoms with Gasteiger partial charge in [-0.3, -0.25) is 24.1 Å². The van der Waals surface area contributed by atoms with Crippen molar-refractivity contribution in [2.24, 2.45) is 17.8 Å². The maximum atomic E-state index is 14.7. The highest BCUT2D eigenvalue weighted by Gasteiger charge is 2.76. The van der Waals surface area contributed by atoms with Crippen LogP contribution in [0.4, 0.5) is 14.5 Å². The number of alkyl halides is 2. The minimum atomic E-state index is -2.24. The van der Waals surface area contributed by atoms with Crippen LogP contribution in [0.1, 0.15) is 31.2 Å². The second kappa shape index (κ2) is 8.60. The number of benzene rings is 2. The SMILES string of the molecule is CCN1C(=O)C2CC=C3C(CC4(Cl)C(=O)N(c5ccc(F)cc5)C(=O)C4(Cl)C3c3cccc(F)c3O)C2C1=O. The maximum Gasteiger partial charge on any atom is 0.258 e. The number of aromatic hydroxyl groups is 1. The molecule has 1 N–H and O–H groups in total. The van der Waals surface area contributed by atoms with Gasteiger partial charge in [0.15, 0.2) is 21.3 Å². The van der Waals surface area contributed by atoms with Crippen molar-refractivity contribution < 1.29 is 33.1 Å². The molecule has 6 atom stereocenters. The summed E-state index contributed by atoms with van der Waals surface area (Å²) >= 11 is 14.3. The largest absolute Gasteiger partial charge is 0.505 e. The number of rotatable bonds is 3. The molecule has 4 amide bonds. The second-order valence-corrected chi connectivity index (χ2v) is 11.6. The van der Waals surface area contributed by atoms with E-state index >= 15 is 0 Å². The first-order chi connectivity index (χ1) is 18.5. The lowest BCUT2D eigenvalue weighted by Crippen LogP contribution is -2.60. The predicted octanol–water partition coefficient (Wildman–Crippen LogP) is 4.25. The fourth-order valence-electron chi connectivity index (χ4n) is 6.89. The summed E-state index contributed by atoms with van der Waals surface area (Å²) in [7, 11) is 0. The Morgan fingerprint density at radius 2 is 1.67 bits per heavy atom. The molecule has 2 aromatic rings. The first kappa shape index (κ1) is 26.0. The number of likely N-dealkylation sites (tertiary alicyclic amines) is 1. The third-order valence-corrected chi connectivity index (χ3v) is 10.0. The number of para-hydroxylation sites is 1. The summed E-state index contributed by atoms with van der Waals surface area (Å²) in [5.74, 6) is -8.54. The smallest absolute Gasteiger partial charge is 0.258 e. The molecule has 2 saturated heterocycles. The van der Waals surface area contributed by atoms with Gasteiger partial charge in [0.2, 0.25) is 11.8 Å². The minimum Gasteiger partial charge on any atom is -0.505 e. The summed E-state index contributed by atoms with van der Waals surface area (Å²) in [5.41, 5.74) is 0.391. The number of anilines is 1. The number of amides is 4. The zero-order chi connectivity index (χ0) is 28.0. The molecule has 4 aliphatic rings. The van der Waals surface area contributed by atoms with E-state index in [-0.39, 0.29) is 36.5 Å².